The molecule has 3 rings (SSSR count). The van der Waals surface area contributed by atoms with Gasteiger partial charge >= 0.3 is 6.18 Å². The maximum Gasteiger partial charge on any atom is 0.416 e. The van der Waals surface area contributed by atoms with E-state index in [1.165, 1.54) is 9.80 Å². The van der Waals surface area contributed by atoms with Crippen molar-refractivity contribution in [3.8, 4) is 5.75 Å². The van der Waals surface area contributed by atoms with E-state index >= 15 is 0 Å². The Morgan fingerprint density at radius 2 is 1.61 bits per heavy atom. The molecule has 0 unspecified atom stereocenters. The standard InChI is InChI=1S/C20H15F7N4O4S/c1-35-17-15(23)13(21)12(14(22)16(17)24)18(32)28-19(36)30-6-4-29(5-7-30)10-3-2-9(20(25,26)27)8-11(10)31(33)34/h2-3,8H,4-7H2,1H3,(H,28,32,36). The number of halogens is 7. The molecule has 2 aromatic rings. The molecule has 16 heteroatoms. The topological polar surface area (TPSA) is 88.0 Å². The summed E-state index contributed by atoms with van der Waals surface area (Å²) in [5, 5.41) is 12.9. The van der Waals surface area contributed by atoms with Crippen molar-refractivity contribution >= 4 is 34.6 Å². The van der Waals surface area contributed by atoms with Crippen molar-refractivity contribution in [3.63, 3.8) is 0 Å². The van der Waals surface area contributed by atoms with E-state index < -0.39 is 62.8 Å². The molecule has 1 aliphatic heterocycles. The number of rotatable bonds is 4. The van der Waals surface area contributed by atoms with E-state index in [4.69, 9.17) is 12.2 Å². The summed E-state index contributed by atoms with van der Waals surface area (Å²) >= 11 is 5.02. The monoisotopic (exact) mass is 540 g/mol. The Balaban J connectivity index is 1.72. The molecule has 0 saturated carbocycles. The van der Waals surface area contributed by atoms with Crippen LogP contribution in [0.1, 0.15) is 15.9 Å². The predicted molar refractivity (Wildman–Crippen MR) is 115 cm³/mol. The van der Waals surface area contributed by atoms with Gasteiger partial charge in [-0.2, -0.15) is 22.0 Å². The fraction of sp³-hybridized carbons (Fsp3) is 0.300. The summed E-state index contributed by atoms with van der Waals surface area (Å²) in [5.41, 5.74) is -3.59. The summed E-state index contributed by atoms with van der Waals surface area (Å²) < 4.78 is 99.1. The van der Waals surface area contributed by atoms with Gasteiger partial charge in [0, 0.05) is 32.2 Å². The first-order valence-electron chi connectivity index (χ1n) is 9.88. The van der Waals surface area contributed by atoms with Gasteiger partial charge in [-0.05, 0) is 24.4 Å². The van der Waals surface area contributed by atoms with E-state index in [-0.39, 0.29) is 37.0 Å². The molecule has 0 spiro atoms. The van der Waals surface area contributed by atoms with Crippen LogP contribution in [0.3, 0.4) is 0 Å². The minimum absolute atomic E-state index is 0.00636. The number of nitro groups is 1. The van der Waals surface area contributed by atoms with Crippen molar-refractivity contribution in [1.29, 1.82) is 0 Å². The second-order valence-corrected chi connectivity index (χ2v) is 7.74. The van der Waals surface area contributed by atoms with E-state index in [0.717, 1.165) is 13.2 Å². The molecule has 194 valence electrons. The Labute approximate surface area is 203 Å². The van der Waals surface area contributed by atoms with Crippen LogP contribution in [-0.4, -0.2) is 54.1 Å². The van der Waals surface area contributed by atoms with Crippen LogP contribution >= 0.6 is 12.2 Å². The Morgan fingerprint density at radius 1 is 1.06 bits per heavy atom. The normalized spacial score (nSPS) is 14.0. The molecule has 8 nitrogen and oxygen atoms in total. The number of ether oxygens (including phenoxy) is 1. The summed E-state index contributed by atoms with van der Waals surface area (Å²) in [4.78, 5) is 25.4. The molecule has 0 radical (unpaired) electrons. The van der Waals surface area contributed by atoms with Crippen LogP contribution < -0.4 is 15.0 Å². The van der Waals surface area contributed by atoms with Crippen molar-refractivity contribution in [2.75, 3.05) is 38.2 Å². The highest BCUT2D eigenvalue weighted by molar-refractivity contribution is 7.80. The molecule has 1 aliphatic rings. The molecule has 1 fully saturated rings. The number of hydrogen-bond donors (Lipinski definition) is 1. The highest BCUT2D eigenvalue weighted by atomic mass is 32.1. The highest BCUT2D eigenvalue weighted by Crippen LogP contribution is 2.37. The molecular weight excluding hydrogens is 525 g/mol. The number of benzene rings is 2. The summed E-state index contributed by atoms with van der Waals surface area (Å²) in [7, 11) is 0.772. The number of nitrogens with zero attached hydrogens (tertiary/aromatic N) is 3. The molecule has 0 aromatic heterocycles. The smallest absolute Gasteiger partial charge is 0.416 e. The number of anilines is 1. The Kier molecular flexibility index (Phi) is 7.56. The number of nitrogens with one attached hydrogen (secondary N) is 1. The van der Waals surface area contributed by atoms with Crippen LogP contribution in [0.25, 0.3) is 0 Å². The lowest BCUT2D eigenvalue weighted by Gasteiger charge is -2.37. The van der Waals surface area contributed by atoms with Crippen LogP contribution in [0.2, 0.25) is 0 Å². The molecule has 1 saturated heterocycles. The fourth-order valence-electron chi connectivity index (χ4n) is 3.49. The lowest BCUT2D eigenvalue weighted by atomic mass is 10.1. The van der Waals surface area contributed by atoms with Crippen molar-refractivity contribution in [2.24, 2.45) is 0 Å². The Hall–Kier alpha value is -3.69. The average Bonchev–Trinajstić information content (AvgIpc) is 2.82. The van der Waals surface area contributed by atoms with Gasteiger partial charge in [0.15, 0.2) is 22.5 Å². The number of methoxy groups -OCH3 is 1. The quantitative estimate of drug-likeness (QED) is 0.206. The third-order valence-corrected chi connectivity index (χ3v) is 5.64. The molecular formula is C20H15F7N4O4S. The minimum atomic E-state index is -4.78. The highest BCUT2D eigenvalue weighted by Gasteiger charge is 2.35. The molecule has 0 aliphatic carbocycles. The van der Waals surface area contributed by atoms with Gasteiger partial charge in [0.2, 0.25) is 11.6 Å². The van der Waals surface area contributed by atoms with Crippen LogP contribution in [0.4, 0.5) is 42.1 Å². The molecule has 1 amide bonds. The van der Waals surface area contributed by atoms with E-state index in [9.17, 15) is 45.6 Å². The fourth-order valence-corrected chi connectivity index (χ4v) is 3.77. The van der Waals surface area contributed by atoms with E-state index in [2.05, 4.69) is 4.74 Å². The lowest BCUT2D eigenvalue weighted by molar-refractivity contribution is -0.384. The van der Waals surface area contributed by atoms with Gasteiger partial charge in [0.1, 0.15) is 11.3 Å². The number of carbonyl (C=O) groups is 1. The molecule has 2 aromatic carbocycles. The zero-order valence-electron chi connectivity index (χ0n) is 18.1. The van der Waals surface area contributed by atoms with E-state index in [0.29, 0.717) is 12.1 Å². The molecule has 0 atom stereocenters. The van der Waals surface area contributed by atoms with Gasteiger partial charge in [0.25, 0.3) is 11.6 Å². The SMILES string of the molecule is COc1c(F)c(F)c(C(=O)NC(=S)N2CCN(c3ccc(C(F)(F)F)cc3[N+](=O)[O-])CC2)c(F)c1F. The van der Waals surface area contributed by atoms with Crippen LogP contribution in [0.5, 0.6) is 5.75 Å². The van der Waals surface area contributed by atoms with Crippen molar-refractivity contribution < 1.29 is 45.2 Å². The van der Waals surface area contributed by atoms with Gasteiger partial charge in [-0.15, -0.1) is 0 Å². The third kappa shape index (κ3) is 5.12. The number of piperazine rings is 1. The number of alkyl halides is 3. The summed E-state index contributed by atoms with van der Waals surface area (Å²) in [6.45, 7) is 0.00857. The van der Waals surface area contributed by atoms with Gasteiger partial charge in [0.05, 0.1) is 17.6 Å². The van der Waals surface area contributed by atoms with Gasteiger partial charge in [-0.25, -0.2) is 8.78 Å². The second-order valence-electron chi connectivity index (χ2n) is 7.36. The third-order valence-electron chi connectivity index (χ3n) is 5.28. The summed E-state index contributed by atoms with van der Waals surface area (Å²) in [6.07, 6.45) is -4.78. The maximum absolute atomic E-state index is 14.2. The summed E-state index contributed by atoms with van der Waals surface area (Å²) in [6, 6.07) is 2.09. The predicted octanol–water partition coefficient (Wildman–Crippen LogP) is 4.02. The lowest BCUT2D eigenvalue weighted by Crippen LogP contribution is -2.53. The first-order chi connectivity index (χ1) is 16.8. The minimum Gasteiger partial charge on any atom is -0.491 e. The second kappa shape index (κ2) is 10.1. The average molecular weight is 540 g/mol. The van der Waals surface area contributed by atoms with Crippen molar-refractivity contribution in [1.82, 2.24) is 10.2 Å². The first-order valence-corrected chi connectivity index (χ1v) is 10.3. The zero-order valence-corrected chi connectivity index (χ0v) is 18.9. The van der Waals surface area contributed by atoms with Crippen LogP contribution in [0, 0.1) is 33.4 Å². The molecule has 36 heavy (non-hydrogen) atoms. The molecule has 1 N–H and O–H groups in total. The molecule has 0 bridgehead atoms. The number of amides is 1. The number of nitro benzene ring substituents is 1. The van der Waals surface area contributed by atoms with Crippen LogP contribution in [0.15, 0.2) is 18.2 Å². The number of thiocarbonyl (C=S) groups is 1. The maximum atomic E-state index is 14.2. The van der Waals surface area contributed by atoms with E-state index in [1.54, 1.807) is 0 Å². The first kappa shape index (κ1) is 26.9. The zero-order chi connectivity index (χ0) is 26.9. The van der Waals surface area contributed by atoms with Crippen molar-refractivity contribution in [3.05, 3.63) is 62.7 Å². The Bertz CT molecular complexity index is 1200. The Morgan fingerprint density at radius 3 is 2.08 bits per heavy atom. The molecule has 1 heterocycles. The van der Waals surface area contributed by atoms with Gasteiger partial charge < -0.3 is 14.5 Å². The van der Waals surface area contributed by atoms with Crippen LogP contribution in [-0.2, 0) is 6.18 Å². The number of carbonyl (C=O) groups excluding carboxylic acids is 1. The largest absolute Gasteiger partial charge is 0.491 e. The summed E-state index contributed by atoms with van der Waals surface area (Å²) in [5.74, 6) is -10.7. The van der Waals surface area contributed by atoms with Gasteiger partial charge in [-0.1, -0.05) is 0 Å². The van der Waals surface area contributed by atoms with Gasteiger partial charge in [-0.3, -0.25) is 20.2 Å². The number of hydrogen-bond acceptors (Lipinski definition) is 6. The van der Waals surface area contributed by atoms with Crippen molar-refractivity contribution in [2.45, 2.75) is 6.18 Å². The van der Waals surface area contributed by atoms with E-state index in [1.807, 2.05) is 5.32 Å².